The van der Waals surface area contributed by atoms with Crippen molar-refractivity contribution in [2.75, 3.05) is 0 Å². The highest BCUT2D eigenvalue weighted by Crippen LogP contribution is 2.20. The number of hydrogen-bond donors (Lipinski definition) is 9. The van der Waals surface area contributed by atoms with Crippen molar-refractivity contribution in [1.82, 2.24) is 41.5 Å². The molecule has 338 valence electrons. The van der Waals surface area contributed by atoms with E-state index in [2.05, 4.69) is 41.5 Å². The largest absolute Gasteiger partial charge is 0.480 e. The number of amides is 5. The van der Waals surface area contributed by atoms with E-state index in [4.69, 9.17) is 5.73 Å². The number of nitrogens with one attached hydrogen (secondary N) is 7. The van der Waals surface area contributed by atoms with E-state index < -0.39 is 77.7 Å². The molecule has 16 heteroatoms. The molecule has 0 aliphatic heterocycles. The molecular weight excluding hydrogens is 827 g/mol. The summed E-state index contributed by atoms with van der Waals surface area (Å²) in [5.74, 6) is -5.13. The molecule has 0 radical (unpaired) electrons. The van der Waals surface area contributed by atoms with Gasteiger partial charge in [-0.15, -0.1) is 0 Å². The van der Waals surface area contributed by atoms with Crippen molar-refractivity contribution < 1.29 is 33.9 Å². The number of hydrogen-bond acceptors (Lipinski definition) is 8. The highest BCUT2D eigenvalue weighted by molar-refractivity contribution is 5.97. The van der Waals surface area contributed by atoms with Crippen molar-refractivity contribution in [2.45, 2.75) is 82.2 Å². The van der Waals surface area contributed by atoms with Gasteiger partial charge in [-0.25, -0.2) is 9.78 Å². The zero-order valence-corrected chi connectivity index (χ0v) is 36.2. The summed E-state index contributed by atoms with van der Waals surface area (Å²) in [6.45, 7) is 3.30. The van der Waals surface area contributed by atoms with Gasteiger partial charge in [0.15, 0.2) is 0 Å². The molecule has 0 aliphatic rings. The zero-order valence-electron chi connectivity index (χ0n) is 36.2. The van der Waals surface area contributed by atoms with Crippen LogP contribution in [-0.2, 0) is 60.9 Å². The molecule has 0 fully saturated rings. The number of aliphatic carboxylic acids is 1. The van der Waals surface area contributed by atoms with Crippen molar-refractivity contribution in [2.24, 2.45) is 11.7 Å². The van der Waals surface area contributed by atoms with Crippen LogP contribution in [0.25, 0.3) is 10.9 Å². The minimum absolute atomic E-state index is 0.0136. The van der Waals surface area contributed by atoms with Gasteiger partial charge in [-0.2, -0.15) is 0 Å². The van der Waals surface area contributed by atoms with Crippen LogP contribution in [0.2, 0.25) is 0 Å². The summed E-state index contributed by atoms with van der Waals surface area (Å²) in [5.41, 5.74) is 10.6. The topological polar surface area (TPSA) is 253 Å². The highest BCUT2D eigenvalue weighted by atomic mass is 16.4. The molecular formula is C49H55N9O7. The summed E-state index contributed by atoms with van der Waals surface area (Å²) in [6.07, 6.45) is 4.85. The van der Waals surface area contributed by atoms with Gasteiger partial charge in [-0.3, -0.25) is 24.0 Å². The Morgan fingerprint density at radius 3 is 1.49 bits per heavy atom. The van der Waals surface area contributed by atoms with Crippen LogP contribution in [-0.4, -0.2) is 91.8 Å². The van der Waals surface area contributed by atoms with Gasteiger partial charge < -0.3 is 47.4 Å². The van der Waals surface area contributed by atoms with E-state index in [1.165, 1.54) is 12.5 Å². The van der Waals surface area contributed by atoms with Crippen molar-refractivity contribution in [3.8, 4) is 0 Å². The van der Waals surface area contributed by atoms with Gasteiger partial charge in [0.1, 0.15) is 30.2 Å². The van der Waals surface area contributed by atoms with Crippen LogP contribution in [0.5, 0.6) is 0 Å². The first kappa shape index (κ1) is 46.9. The number of benzene rings is 4. The quantitative estimate of drug-likeness (QED) is 0.0486. The zero-order chi connectivity index (χ0) is 46.3. The number of carboxylic acid groups (broad SMARTS) is 1. The van der Waals surface area contributed by atoms with Crippen LogP contribution in [0.1, 0.15) is 41.8 Å². The number of nitrogens with zero attached hydrogens (tertiary/aromatic N) is 1. The number of fused-ring (bicyclic) bond motifs is 1. The first-order chi connectivity index (χ1) is 31.3. The summed E-state index contributed by atoms with van der Waals surface area (Å²) in [7, 11) is 0. The molecule has 0 aliphatic carbocycles. The second kappa shape index (κ2) is 22.7. The fourth-order valence-corrected chi connectivity index (χ4v) is 7.50. The van der Waals surface area contributed by atoms with E-state index in [1.807, 2.05) is 91.0 Å². The average molecular weight is 882 g/mol. The van der Waals surface area contributed by atoms with Gasteiger partial charge in [0.05, 0.1) is 12.4 Å². The summed E-state index contributed by atoms with van der Waals surface area (Å²) in [4.78, 5) is 93.3. The van der Waals surface area contributed by atoms with Gasteiger partial charge in [0, 0.05) is 54.7 Å². The number of imidazole rings is 1. The maximum absolute atomic E-state index is 14.8. The second-order valence-corrected chi connectivity index (χ2v) is 16.3. The molecule has 4 aromatic carbocycles. The third kappa shape index (κ3) is 13.5. The number of aromatic nitrogens is 3. The fourth-order valence-electron chi connectivity index (χ4n) is 7.50. The Hall–Kier alpha value is -7.59. The first-order valence-corrected chi connectivity index (χ1v) is 21.5. The molecule has 6 atom stereocenters. The van der Waals surface area contributed by atoms with E-state index >= 15 is 0 Å². The van der Waals surface area contributed by atoms with Gasteiger partial charge in [0.25, 0.3) is 0 Å². The number of carbonyl (C=O) groups excluding carboxylic acids is 5. The number of carboxylic acids is 1. The van der Waals surface area contributed by atoms with Crippen molar-refractivity contribution in [3.63, 3.8) is 0 Å². The molecule has 6 aromatic rings. The Labute approximate surface area is 376 Å². The molecule has 0 saturated heterocycles. The third-order valence-corrected chi connectivity index (χ3v) is 11.0. The minimum Gasteiger partial charge on any atom is -0.480 e. The highest BCUT2D eigenvalue weighted by Gasteiger charge is 2.34. The van der Waals surface area contributed by atoms with Crippen LogP contribution in [0.15, 0.2) is 134 Å². The van der Waals surface area contributed by atoms with E-state index in [1.54, 1.807) is 44.3 Å². The number of nitrogens with two attached hydrogens (primary N) is 1. The smallest absolute Gasteiger partial charge is 0.326 e. The van der Waals surface area contributed by atoms with Crippen LogP contribution in [0, 0.1) is 5.92 Å². The normalized spacial score (nSPS) is 14.0. The lowest BCUT2D eigenvalue weighted by Gasteiger charge is -2.27. The molecule has 6 rings (SSSR count). The van der Waals surface area contributed by atoms with Gasteiger partial charge in [0.2, 0.25) is 29.5 Å². The van der Waals surface area contributed by atoms with Crippen LogP contribution < -0.4 is 32.3 Å². The molecule has 16 nitrogen and oxygen atoms in total. The number of rotatable bonds is 22. The third-order valence-electron chi connectivity index (χ3n) is 11.0. The molecule has 2 aromatic heterocycles. The molecule has 10 N–H and O–H groups in total. The van der Waals surface area contributed by atoms with E-state index in [0.29, 0.717) is 16.8 Å². The Morgan fingerprint density at radius 2 is 1.00 bits per heavy atom. The lowest BCUT2D eigenvalue weighted by molar-refractivity contribution is -0.143. The standard InChI is InChI=1S/C49H55N9O7/c1-30(2)43(49(64)65)58-48(63)42(26-35-28-51-29-53-35)57-46(61)40(24-33-18-10-5-11-19-33)55-47(62)41(25-34-27-52-38-21-13-12-20-36(34)38)56-45(60)39(23-32-16-8-4-9-17-32)54-44(59)37(50)22-31-14-6-3-7-15-31/h3-21,27-30,37,39-43,52H,22-26,50H2,1-2H3,(H,51,53)(H,54,59)(H,55,62)(H,56,60)(H,57,61)(H,58,63)(H,64,65)/t37-,39-,40-,41-,42-,43-/m0/s1. The monoisotopic (exact) mass is 881 g/mol. The molecule has 65 heavy (non-hydrogen) atoms. The summed E-state index contributed by atoms with van der Waals surface area (Å²) in [6, 6.07) is 27.6. The van der Waals surface area contributed by atoms with E-state index in [-0.39, 0.29) is 32.1 Å². The van der Waals surface area contributed by atoms with Crippen molar-refractivity contribution >= 4 is 46.4 Å². The molecule has 0 spiro atoms. The number of H-pyrrole nitrogens is 2. The summed E-state index contributed by atoms with van der Waals surface area (Å²) >= 11 is 0. The first-order valence-electron chi connectivity index (χ1n) is 21.5. The number of aromatic amines is 2. The second-order valence-electron chi connectivity index (χ2n) is 16.3. The number of para-hydroxylation sites is 1. The predicted molar refractivity (Wildman–Crippen MR) is 245 cm³/mol. The molecule has 0 saturated carbocycles. The van der Waals surface area contributed by atoms with Crippen LogP contribution in [0.4, 0.5) is 0 Å². The Morgan fingerprint density at radius 1 is 0.554 bits per heavy atom. The molecule has 5 amide bonds. The minimum atomic E-state index is -1.29. The van der Waals surface area contributed by atoms with Gasteiger partial charge in [-0.05, 0) is 40.7 Å². The summed E-state index contributed by atoms with van der Waals surface area (Å²) in [5, 5.41) is 24.5. The van der Waals surface area contributed by atoms with E-state index in [0.717, 1.165) is 22.0 Å². The van der Waals surface area contributed by atoms with Crippen LogP contribution >= 0.6 is 0 Å². The predicted octanol–water partition coefficient (Wildman–Crippen LogP) is 2.90. The maximum Gasteiger partial charge on any atom is 0.326 e. The van der Waals surface area contributed by atoms with Crippen molar-refractivity contribution in [1.29, 1.82) is 0 Å². The van der Waals surface area contributed by atoms with Crippen molar-refractivity contribution in [3.05, 3.63) is 162 Å². The molecule has 0 bridgehead atoms. The number of carbonyl (C=O) groups is 6. The Kier molecular flexibility index (Phi) is 16.4. The van der Waals surface area contributed by atoms with Gasteiger partial charge in [-0.1, -0.05) is 123 Å². The molecule has 2 heterocycles. The lowest BCUT2D eigenvalue weighted by Crippen LogP contribution is -2.60. The van der Waals surface area contributed by atoms with Crippen LogP contribution in [0.3, 0.4) is 0 Å². The molecule has 0 unspecified atom stereocenters. The Bertz CT molecular complexity index is 2510. The average Bonchev–Trinajstić information content (AvgIpc) is 3.98. The van der Waals surface area contributed by atoms with E-state index in [9.17, 15) is 33.9 Å². The van der Waals surface area contributed by atoms with Gasteiger partial charge >= 0.3 is 5.97 Å². The SMILES string of the molecule is CC(C)[C@H](NC(=O)[C@H](Cc1cnc[nH]1)NC(=O)[C@H](Cc1ccccc1)NC(=O)[C@H](Cc1c[nH]c2ccccc12)NC(=O)[C@H](Cc1ccccc1)NC(=O)[C@@H](N)Cc1ccccc1)C(=O)O. The fraction of sp³-hybridized carbons (Fsp3) is 0.286. The maximum atomic E-state index is 14.8. The lowest BCUT2D eigenvalue weighted by atomic mass is 10.00. The summed E-state index contributed by atoms with van der Waals surface area (Å²) < 4.78 is 0. The Balaban J connectivity index is 1.29.